The Labute approximate surface area is 118 Å². The Bertz CT molecular complexity index is 647. The Hall–Kier alpha value is -2.13. The van der Waals surface area contributed by atoms with Crippen molar-refractivity contribution in [3.63, 3.8) is 0 Å². The molecule has 2 aromatic heterocycles. The highest BCUT2D eigenvalue weighted by molar-refractivity contribution is 5.86. The van der Waals surface area contributed by atoms with Crippen LogP contribution in [0.1, 0.15) is 6.92 Å². The van der Waals surface area contributed by atoms with Crippen LogP contribution in [0.5, 0.6) is 0 Å². The van der Waals surface area contributed by atoms with E-state index in [1.54, 1.807) is 0 Å². The number of aryl methyl sites for hydroxylation is 1. The number of nitriles is 1. The third-order valence-electron chi connectivity index (χ3n) is 3.97. The molecule has 1 aliphatic rings. The molecule has 0 saturated carbocycles. The van der Waals surface area contributed by atoms with E-state index in [4.69, 9.17) is 5.26 Å². The van der Waals surface area contributed by atoms with E-state index in [0.717, 1.165) is 43.0 Å². The number of aromatic nitrogens is 3. The summed E-state index contributed by atoms with van der Waals surface area (Å²) in [5.41, 5.74) is 2.06. The van der Waals surface area contributed by atoms with E-state index in [0.29, 0.717) is 0 Å². The van der Waals surface area contributed by atoms with E-state index >= 15 is 0 Å². The fourth-order valence-corrected chi connectivity index (χ4v) is 2.68. The molecule has 1 atom stereocenters. The highest BCUT2D eigenvalue weighted by atomic mass is 15.3. The molecule has 2 aromatic rings. The van der Waals surface area contributed by atoms with Gasteiger partial charge in [-0.15, -0.1) is 0 Å². The number of imidazole rings is 1. The molecular weight excluding hydrogens is 252 g/mol. The lowest BCUT2D eigenvalue weighted by Crippen LogP contribution is -2.49. The fraction of sp³-hybridized carbons (Fsp3) is 0.500. The second kappa shape index (κ2) is 5.10. The minimum atomic E-state index is -0.0178. The molecule has 104 valence electrons. The minimum Gasteiger partial charge on any atom is -0.352 e. The van der Waals surface area contributed by atoms with Crippen LogP contribution < -0.4 is 4.90 Å². The van der Waals surface area contributed by atoms with Gasteiger partial charge in [0.2, 0.25) is 0 Å². The highest BCUT2D eigenvalue weighted by Crippen LogP contribution is 2.23. The average molecular weight is 270 g/mol. The zero-order valence-corrected chi connectivity index (χ0v) is 11.8. The summed E-state index contributed by atoms with van der Waals surface area (Å²) < 4.78 is 2.01. The molecule has 1 fully saturated rings. The lowest BCUT2D eigenvalue weighted by Gasteiger charge is -2.36. The van der Waals surface area contributed by atoms with Gasteiger partial charge in [-0.05, 0) is 13.0 Å². The molecule has 0 bridgehead atoms. The molecule has 3 rings (SSSR count). The fourth-order valence-electron chi connectivity index (χ4n) is 2.68. The Morgan fingerprint density at radius 2 is 2.00 bits per heavy atom. The molecule has 1 unspecified atom stereocenters. The van der Waals surface area contributed by atoms with Gasteiger partial charge in [-0.2, -0.15) is 5.26 Å². The van der Waals surface area contributed by atoms with Gasteiger partial charge in [-0.3, -0.25) is 4.90 Å². The summed E-state index contributed by atoms with van der Waals surface area (Å²) in [4.78, 5) is 13.4. The number of nitrogens with zero attached hydrogens (tertiary/aromatic N) is 6. The summed E-state index contributed by atoms with van der Waals surface area (Å²) in [6, 6.07) is 4.27. The molecule has 0 spiro atoms. The van der Waals surface area contributed by atoms with Crippen LogP contribution in [-0.4, -0.2) is 51.7 Å². The second-order valence-electron chi connectivity index (χ2n) is 5.19. The van der Waals surface area contributed by atoms with Crippen molar-refractivity contribution in [1.82, 2.24) is 19.4 Å². The van der Waals surface area contributed by atoms with Gasteiger partial charge in [-0.25, -0.2) is 9.97 Å². The average Bonchev–Trinajstić information content (AvgIpc) is 2.88. The van der Waals surface area contributed by atoms with Crippen molar-refractivity contribution in [1.29, 1.82) is 5.26 Å². The van der Waals surface area contributed by atoms with Gasteiger partial charge in [0.15, 0.2) is 5.82 Å². The maximum absolute atomic E-state index is 8.98. The first-order valence-corrected chi connectivity index (χ1v) is 6.85. The van der Waals surface area contributed by atoms with Crippen LogP contribution in [0.4, 0.5) is 5.82 Å². The van der Waals surface area contributed by atoms with Crippen LogP contribution >= 0.6 is 0 Å². The predicted octanol–water partition coefficient (Wildman–Crippen LogP) is 1.00. The highest BCUT2D eigenvalue weighted by Gasteiger charge is 2.23. The van der Waals surface area contributed by atoms with Gasteiger partial charge in [0.25, 0.3) is 0 Å². The smallest absolute Gasteiger partial charge is 0.156 e. The van der Waals surface area contributed by atoms with E-state index in [1.165, 1.54) is 0 Å². The maximum atomic E-state index is 8.98. The van der Waals surface area contributed by atoms with Crippen molar-refractivity contribution >= 4 is 16.9 Å². The zero-order chi connectivity index (χ0) is 14.1. The van der Waals surface area contributed by atoms with Crippen molar-refractivity contribution in [2.24, 2.45) is 7.05 Å². The van der Waals surface area contributed by atoms with Gasteiger partial charge in [-0.1, -0.05) is 0 Å². The molecule has 6 heteroatoms. The molecule has 20 heavy (non-hydrogen) atoms. The standard InChI is InChI=1S/C14H18N6/c1-11(9-15)19-5-7-20(8-6-19)14-13-12(3-4-16-14)18(2)10-17-13/h3-4,10-11H,5-8H2,1-2H3. The first-order valence-electron chi connectivity index (χ1n) is 6.85. The first-order chi connectivity index (χ1) is 9.70. The summed E-state index contributed by atoms with van der Waals surface area (Å²) in [6.07, 6.45) is 3.66. The molecule has 6 nitrogen and oxygen atoms in total. The van der Waals surface area contributed by atoms with Crippen molar-refractivity contribution in [3.05, 3.63) is 18.6 Å². The number of hydrogen-bond acceptors (Lipinski definition) is 5. The first kappa shape index (κ1) is 12.9. The van der Waals surface area contributed by atoms with Crippen molar-refractivity contribution < 1.29 is 0 Å². The monoisotopic (exact) mass is 270 g/mol. The quantitative estimate of drug-likeness (QED) is 0.815. The number of hydrogen-bond donors (Lipinski definition) is 0. The summed E-state index contributed by atoms with van der Waals surface area (Å²) >= 11 is 0. The molecule has 3 heterocycles. The van der Waals surface area contributed by atoms with Gasteiger partial charge < -0.3 is 9.47 Å². The van der Waals surface area contributed by atoms with Crippen LogP contribution in [0.2, 0.25) is 0 Å². The van der Waals surface area contributed by atoms with Crippen LogP contribution in [0.3, 0.4) is 0 Å². The van der Waals surface area contributed by atoms with Crippen LogP contribution in [0, 0.1) is 11.3 Å². The third-order valence-corrected chi connectivity index (χ3v) is 3.97. The molecule has 0 radical (unpaired) electrons. The predicted molar refractivity (Wildman–Crippen MR) is 77.4 cm³/mol. The SMILES string of the molecule is CC(C#N)N1CCN(c2nccc3c2ncn3C)CC1. The molecule has 0 amide bonds. The number of piperazine rings is 1. The Kier molecular flexibility index (Phi) is 3.28. The van der Waals surface area contributed by atoms with Gasteiger partial charge >= 0.3 is 0 Å². The lowest BCUT2D eigenvalue weighted by molar-refractivity contribution is 0.231. The zero-order valence-electron chi connectivity index (χ0n) is 11.8. The molecule has 1 aliphatic heterocycles. The van der Waals surface area contributed by atoms with Crippen molar-refractivity contribution in [2.45, 2.75) is 13.0 Å². The minimum absolute atomic E-state index is 0.0178. The summed E-state index contributed by atoms with van der Waals surface area (Å²) in [5.74, 6) is 0.951. The van der Waals surface area contributed by atoms with E-state index in [2.05, 4.69) is 25.8 Å². The molecule has 0 aliphatic carbocycles. The molecule has 0 N–H and O–H groups in total. The molecular formula is C14H18N6. The molecule has 1 saturated heterocycles. The topological polar surface area (TPSA) is 61.0 Å². The largest absolute Gasteiger partial charge is 0.352 e. The Balaban J connectivity index is 1.82. The normalized spacial score (nSPS) is 18.1. The number of anilines is 1. The summed E-state index contributed by atoms with van der Waals surface area (Å²) in [6.45, 7) is 5.50. The second-order valence-corrected chi connectivity index (χ2v) is 5.19. The third kappa shape index (κ3) is 2.10. The van der Waals surface area contributed by atoms with Gasteiger partial charge in [0.1, 0.15) is 5.52 Å². The van der Waals surface area contributed by atoms with Crippen molar-refractivity contribution in [2.75, 3.05) is 31.1 Å². The van der Waals surface area contributed by atoms with Crippen LogP contribution in [-0.2, 0) is 7.05 Å². The van der Waals surface area contributed by atoms with Crippen molar-refractivity contribution in [3.8, 4) is 6.07 Å². The summed E-state index contributed by atoms with van der Waals surface area (Å²) in [5, 5.41) is 8.98. The van der Waals surface area contributed by atoms with Gasteiger partial charge in [0.05, 0.1) is 24.0 Å². The Morgan fingerprint density at radius 3 is 2.70 bits per heavy atom. The summed E-state index contributed by atoms with van der Waals surface area (Å²) in [7, 11) is 1.99. The lowest BCUT2D eigenvalue weighted by atomic mass is 10.2. The molecule has 0 aromatic carbocycles. The van der Waals surface area contributed by atoms with Crippen LogP contribution in [0.25, 0.3) is 11.0 Å². The van der Waals surface area contributed by atoms with Gasteiger partial charge in [0, 0.05) is 39.4 Å². The Morgan fingerprint density at radius 1 is 1.25 bits per heavy atom. The van der Waals surface area contributed by atoms with E-state index in [-0.39, 0.29) is 6.04 Å². The maximum Gasteiger partial charge on any atom is 0.156 e. The number of rotatable bonds is 2. The number of pyridine rings is 1. The van der Waals surface area contributed by atoms with E-state index < -0.39 is 0 Å². The van der Waals surface area contributed by atoms with E-state index in [1.807, 2.05) is 37.1 Å². The number of fused-ring (bicyclic) bond motifs is 1. The van der Waals surface area contributed by atoms with Crippen LogP contribution in [0.15, 0.2) is 18.6 Å². The van der Waals surface area contributed by atoms with E-state index in [9.17, 15) is 0 Å².